The van der Waals surface area contributed by atoms with E-state index in [1.54, 1.807) is 25.7 Å². The number of hydrogen-bond acceptors (Lipinski definition) is 4. The van der Waals surface area contributed by atoms with Crippen molar-refractivity contribution in [2.45, 2.75) is 104 Å². The lowest BCUT2D eigenvalue weighted by atomic mass is 9.95. The molecule has 2 aromatic carbocycles. The fourth-order valence-corrected chi connectivity index (χ4v) is 5.01. The van der Waals surface area contributed by atoms with E-state index in [4.69, 9.17) is 4.74 Å². The number of ether oxygens (including phenoxy) is 1. The van der Waals surface area contributed by atoms with E-state index in [-0.39, 0.29) is 30.2 Å². The van der Waals surface area contributed by atoms with Crippen LogP contribution in [-0.4, -0.2) is 47.0 Å². The molecule has 0 radical (unpaired) electrons. The highest BCUT2D eigenvalue weighted by molar-refractivity contribution is 5.93. The maximum Gasteiger partial charge on any atom is 0.408 e. The average Bonchev–Trinajstić information content (AvgIpc) is 3.61. The maximum absolute atomic E-state index is 14.5. The molecule has 3 amide bonds. The molecule has 7 heteroatoms. The minimum Gasteiger partial charge on any atom is -0.444 e. The molecular formula is C33H47N3O4. The number of benzene rings is 2. The Morgan fingerprint density at radius 2 is 1.73 bits per heavy atom. The Kier molecular flexibility index (Phi) is 10.8. The quantitative estimate of drug-likeness (QED) is 0.317. The first-order valence-electron chi connectivity index (χ1n) is 14.6. The van der Waals surface area contributed by atoms with Gasteiger partial charge in [-0.1, -0.05) is 80.8 Å². The summed E-state index contributed by atoms with van der Waals surface area (Å²) in [6.07, 6.45) is 3.40. The van der Waals surface area contributed by atoms with E-state index in [0.717, 1.165) is 47.9 Å². The van der Waals surface area contributed by atoms with Crippen molar-refractivity contribution in [1.29, 1.82) is 0 Å². The Labute approximate surface area is 240 Å². The van der Waals surface area contributed by atoms with Gasteiger partial charge in [-0.15, -0.1) is 0 Å². The van der Waals surface area contributed by atoms with Crippen molar-refractivity contribution < 1.29 is 19.1 Å². The van der Waals surface area contributed by atoms with Crippen molar-refractivity contribution in [2.75, 3.05) is 6.54 Å². The van der Waals surface area contributed by atoms with E-state index < -0.39 is 23.8 Å². The SMILES string of the molecule is CCCCCNC(=O)C(c1cc(C)ccc1C)N(C(=O)C(Cc1ccccc1)NC(=O)OC(C)(C)C)C1CC1C. The molecule has 0 bridgehead atoms. The Bertz CT molecular complexity index is 1160. The van der Waals surface area contributed by atoms with Crippen molar-refractivity contribution in [3.05, 3.63) is 70.8 Å². The summed E-state index contributed by atoms with van der Waals surface area (Å²) in [4.78, 5) is 43.1. The Balaban J connectivity index is 2.03. The fourth-order valence-electron chi connectivity index (χ4n) is 5.01. The predicted molar refractivity (Wildman–Crippen MR) is 159 cm³/mol. The van der Waals surface area contributed by atoms with Gasteiger partial charge in [-0.3, -0.25) is 9.59 Å². The van der Waals surface area contributed by atoms with E-state index in [0.29, 0.717) is 6.54 Å². The van der Waals surface area contributed by atoms with Gasteiger partial charge in [0.1, 0.15) is 17.7 Å². The lowest BCUT2D eigenvalue weighted by Gasteiger charge is -2.36. The maximum atomic E-state index is 14.5. The number of amides is 3. The molecule has 2 aromatic rings. The van der Waals surface area contributed by atoms with Crippen molar-refractivity contribution in [3.63, 3.8) is 0 Å². The van der Waals surface area contributed by atoms with Gasteiger partial charge < -0.3 is 20.3 Å². The van der Waals surface area contributed by atoms with Crippen LogP contribution in [0.5, 0.6) is 0 Å². The normalized spacial score (nSPS) is 17.9. The van der Waals surface area contributed by atoms with Gasteiger partial charge in [-0.05, 0) is 70.1 Å². The van der Waals surface area contributed by atoms with Crippen LogP contribution in [0.1, 0.15) is 88.6 Å². The molecule has 3 rings (SSSR count). The van der Waals surface area contributed by atoms with Crippen molar-refractivity contribution >= 4 is 17.9 Å². The summed E-state index contributed by atoms with van der Waals surface area (Å²) in [6, 6.07) is 13.8. The summed E-state index contributed by atoms with van der Waals surface area (Å²) >= 11 is 0. The van der Waals surface area contributed by atoms with Crippen LogP contribution in [0.25, 0.3) is 0 Å². The average molecular weight is 550 g/mol. The number of rotatable bonds is 12. The Morgan fingerprint density at radius 3 is 2.33 bits per heavy atom. The van der Waals surface area contributed by atoms with Crippen molar-refractivity contribution in [2.24, 2.45) is 5.92 Å². The van der Waals surface area contributed by atoms with E-state index >= 15 is 0 Å². The molecular weight excluding hydrogens is 502 g/mol. The lowest BCUT2D eigenvalue weighted by Crippen LogP contribution is -2.55. The van der Waals surface area contributed by atoms with E-state index in [1.807, 2.05) is 62.4 Å². The third-order valence-electron chi connectivity index (χ3n) is 7.29. The molecule has 2 N–H and O–H groups in total. The largest absolute Gasteiger partial charge is 0.444 e. The molecule has 40 heavy (non-hydrogen) atoms. The number of carbonyl (C=O) groups is 3. The van der Waals surface area contributed by atoms with E-state index in [9.17, 15) is 14.4 Å². The predicted octanol–water partition coefficient (Wildman–Crippen LogP) is 6.02. The fraction of sp³-hybridized carbons (Fsp3) is 0.545. The number of aryl methyl sites for hydroxylation is 2. The summed E-state index contributed by atoms with van der Waals surface area (Å²) in [5.74, 6) is -0.213. The van der Waals surface area contributed by atoms with Crippen LogP contribution in [0.3, 0.4) is 0 Å². The summed E-state index contributed by atoms with van der Waals surface area (Å²) in [5.41, 5.74) is 2.98. The minimum atomic E-state index is -0.898. The van der Waals surface area contributed by atoms with Crippen LogP contribution in [-0.2, 0) is 20.7 Å². The van der Waals surface area contributed by atoms with Gasteiger partial charge in [0.2, 0.25) is 11.8 Å². The van der Waals surface area contributed by atoms with Crippen LogP contribution in [0.4, 0.5) is 4.79 Å². The molecule has 0 aliphatic heterocycles. The first-order chi connectivity index (χ1) is 18.9. The second kappa shape index (κ2) is 13.8. The molecule has 0 spiro atoms. The summed E-state index contributed by atoms with van der Waals surface area (Å²) in [5, 5.41) is 5.96. The first-order valence-corrected chi connectivity index (χ1v) is 14.6. The number of hydrogen-bond donors (Lipinski definition) is 2. The number of alkyl carbamates (subject to hydrolysis) is 1. The molecule has 0 aromatic heterocycles. The second-order valence-electron chi connectivity index (χ2n) is 12.2. The highest BCUT2D eigenvalue weighted by Crippen LogP contribution is 2.41. The molecule has 4 unspecified atom stereocenters. The summed E-state index contributed by atoms with van der Waals surface area (Å²) in [6.45, 7) is 14.1. The highest BCUT2D eigenvalue weighted by atomic mass is 16.6. The zero-order valence-electron chi connectivity index (χ0n) is 25.3. The van der Waals surface area contributed by atoms with Gasteiger partial charge in [-0.25, -0.2) is 4.79 Å². The number of carbonyl (C=O) groups excluding carboxylic acids is 3. The van der Waals surface area contributed by atoms with Gasteiger partial charge in [0.25, 0.3) is 0 Å². The van der Waals surface area contributed by atoms with Crippen molar-refractivity contribution in [1.82, 2.24) is 15.5 Å². The lowest BCUT2D eigenvalue weighted by molar-refractivity contribution is -0.143. The highest BCUT2D eigenvalue weighted by Gasteiger charge is 2.48. The zero-order valence-corrected chi connectivity index (χ0v) is 25.3. The Hall–Kier alpha value is -3.35. The van der Waals surface area contributed by atoms with Crippen LogP contribution < -0.4 is 10.6 Å². The summed E-state index contributed by atoms with van der Waals surface area (Å²) in [7, 11) is 0. The second-order valence-corrected chi connectivity index (χ2v) is 12.2. The van der Waals surface area contributed by atoms with Gasteiger partial charge in [0.05, 0.1) is 0 Å². The zero-order chi connectivity index (χ0) is 29.4. The number of nitrogens with zero attached hydrogens (tertiary/aromatic N) is 1. The molecule has 0 heterocycles. The van der Waals surface area contributed by atoms with Crippen molar-refractivity contribution in [3.8, 4) is 0 Å². The van der Waals surface area contributed by atoms with Crippen LogP contribution in [0, 0.1) is 19.8 Å². The molecule has 1 aliphatic carbocycles. The molecule has 0 saturated heterocycles. The first kappa shape index (κ1) is 31.2. The molecule has 7 nitrogen and oxygen atoms in total. The Morgan fingerprint density at radius 1 is 1.05 bits per heavy atom. The molecule has 1 fully saturated rings. The summed E-state index contributed by atoms with van der Waals surface area (Å²) < 4.78 is 5.54. The minimum absolute atomic E-state index is 0.0995. The molecule has 218 valence electrons. The van der Waals surface area contributed by atoms with Crippen LogP contribution in [0.15, 0.2) is 48.5 Å². The molecule has 1 aliphatic rings. The van der Waals surface area contributed by atoms with Gasteiger partial charge in [0, 0.05) is 19.0 Å². The van der Waals surface area contributed by atoms with Gasteiger partial charge in [-0.2, -0.15) is 0 Å². The smallest absolute Gasteiger partial charge is 0.408 e. The van der Waals surface area contributed by atoms with Gasteiger partial charge in [0.15, 0.2) is 0 Å². The van der Waals surface area contributed by atoms with E-state index in [1.165, 1.54) is 0 Å². The van der Waals surface area contributed by atoms with Gasteiger partial charge >= 0.3 is 6.09 Å². The third-order valence-corrected chi connectivity index (χ3v) is 7.29. The topological polar surface area (TPSA) is 87.7 Å². The standard InChI is InChI=1S/C33H47N3O4/c1-8-9-13-18-34-30(37)29(26-19-22(2)16-17-23(26)3)36(28-20-24(28)4)31(38)27(21-25-14-11-10-12-15-25)35-32(39)40-33(5,6)7/h10-12,14-17,19,24,27-29H,8-9,13,18,20-21H2,1-7H3,(H,34,37)(H,35,39). The monoisotopic (exact) mass is 549 g/mol. The molecule has 4 atom stereocenters. The van der Waals surface area contributed by atoms with Crippen LogP contribution >= 0.6 is 0 Å². The number of nitrogens with one attached hydrogen (secondary N) is 2. The molecule has 1 saturated carbocycles. The number of unbranched alkanes of at least 4 members (excludes halogenated alkanes) is 2. The third kappa shape index (κ3) is 8.83. The van der Waals surface area contributed by atoms with E-state index in [2.05, 4.69) is 24.5 Å². The van der Waals surface area contributed by atoms with Crippen LogP contribution in [0.2, 0.25) is 0 Å².